The van der Waals surface area contributed by atoms with Crippen LogP contribution in [0.4, 0.5) is 0 Å². The summed E-state index contributed by atoms with van der Waals surface area (Å²) >= 11 is -1.97. The van der Waals surface area contributed by atoms with Crippen LogP contribution < -0.4 is 4.40 Å². The number of hydrogen-bond acceptors (Lipinski definition) is 0. The zero-order chi connectivity index (χ0) is 13.9. The maximum atomic E-state index is 2.46. The van der Waals surface area contributed by atoms with Crippen LogP contribution in [0.5, 0.6) is 0 Å². The molecule has 1 heterocycles. The molecule has 0 fully saturated rings. The molecular weight excluding hydrogens is 289 g/mol. The van der Waals surface area contributed by atoms with Gasteiger partial charge >= 0.3 is 121 Å². The minimum absolute atomic E-state index is 1.28. The topological polar surface area (TPSA) is 0 Å². The second kappa shape index (κ2) is 6.30. The zero-order valence-electron chi connectivity index (χ0n) is 13.1. The number of benzene rings is 1. The van der Waals surface area contributed by atoms with Crippen molar-refractivity contribution in [2.75, 3.05) is 0 Å². The molecule has 1 heteroatoms. The summed E-state index contributed by atoms with van der Waals surface area (Å²) in [5, 5.41) is 2.85. The molecule has 1 aliphatic heterocycles. The van der Waals surface area contributed by atoms with Gasteiger partial charge in [0.1, 0.15) is 0 Å². The van der Waals surface area contributed by atoms with Gasteiger partial charge in [-0.3, -0.25) is 0 Å². The summed E-state index contributed by atoms with van der Waals surface area (Å²) in [6.07, 6.45) is 5.23. The Hall–Kier alpha value is -0.497. The summed E-state index contributed by atoms with van der Waals surface area (Å²) in [7, 11) is 0. The van der Waals surface area contributed by atoms with Crippen LogP contribution in [0.3, 0.4) is 0 Å². The summed E-state index contributed by atoms with van der Waals surface area (Å²) in [4.78, 5) is 0. The summed E-state index contributed by atoms with van der Waals surface area (Å²) in [6.45, 7) is 9.57. The summed E-state index contributed by atoms with van der Waals surface area (Å²) in [5.41, 5.74) is 3.39. The predicted molar refractivity (Wildman–Crippen MR) is 89.5 cm³/mol. The van der Waals surface area contributed by atoms with Crippen LogP contribution in [-0.4, -0.2) is 13.3 Å². The molecule has 19 heavy (non-hydrogen) atoms. The van der Waals surface area contributed by atoms with Crippen LogP contribution in [0.1, 0.15) is 58.9 Å². The molecule has 0 saturated heterocycles. The Balaban J connectivity index is 2.64. The molecule has 0 aromatic heterocycles. The first-order valence-corrected chi connectivity index (χ1v) is 13.1. The van der Waals surface area contributed by atoms with Crippen molar-refractivity contribution >= 4 is 23.2 Å². The Morgan fingerprint density at radius 3 is 2.05 bits per heavy atom. The molecule has 0 aliphatic carbocycles. The Morgan fingerprint density at radius 1 is 0.842 bits per heavy atom. The van der Waals surface area contributed by atoms with Crippen molar-refractivity contribution in [1.29, 1.82) is 0 Å². The van der Waals surface area contributed by atoms with E-state index in [4.69, 9.17) is 0 Å². The van der Waals surface area contributed by atoms with Crippen molar-refractivity contribution in [3.05, 3.63) is 34.2 Å². The van der Waals surface area contributed by atoms with Crippen LogP contribution in [0.2, 0.25) is 10.5 Å². The Kier molecular flexibility index (Phi) is 4.94. The predicted octanol–water partition coefficient (Wildman–Crippen LogP) is 5.29. The molecule has 0 atom stereocenters. The van der Waals surface area contributed by atoms with Crippen molar-refractivity contribution in [1.82, 2.24) is 0 Å². The van der Waals surface area contributed by atoms with E-state index in [1.54, 1.807) is 15.5 Å². The van der Waals surface area contributed by atoms with E-state index in [2.05, 4.69) is 52.0 Å². The molecule has 104 valence electrons. The molecule has 0 spiro atoms. The van der Waals surface area contributed by atoms with Crippen LogP contribution in [0.15, 0.2) is 28.7 Å². The molecule has 1 aliphatic rings. The Morgan fingerprint density at radius 2 is 1.47 bits per heavy atom. The fourth-order valence-corrected chi connectivity index (χ4v) is 14.9. The van der Waals surface area contributed by atoms with Gasteiger partial charge in [-0.05, 0) is 0 Å². The molecule has 1 aromatic rings. The van der Waals surface area contributed by atoms with E-state index in [9.17, 15) is 0 Å². The second-order valence-corrected chi connectivity index (χ2v) is 15.7. The van der Waals surface area contributed by atoms with Gasteiger partial charge in [0.05, 0.1) is 0 Å². The fourth-order valence-electron chi connectivity index (χ4n) is 4.01. The van der Waals surface area contributed by atoms with Crippen molar-refractivity contribution in [3.63, 3.8) is 0 Å². The van der Waals surface area contributed by atoms with Gasteiger partial charge in [-0.2, -0.15) is 0 Å². The van der Waals surface area contributed by atoms with E-state index >= 15 is 0 Å². The molecule has 0 radical (unpaired) electrons. The van der Waals surface area contributed by atoms with Gasteiger partial charge < -0.3 is 0 Å². The Bertz CT molecular complexity index is 466. The molecule has 0 saturated carbocycles. The third-order valence-electron chi connectivity index (χ3n) is 4.92. The zero-order valence-corrected chi connectivity index (χ0v) is 15.2. The van der Waals surface area contributed by atoms with Gasteiger partial charge in [-0.15, -0.1) is 0 Å². The molecule has 0 nitrogen and oxygen atoms in total. The first-order valence-electron chi connectivity index (χ1n) is 8.07. The third kappa shape index (κ3) is 2.33. The SMILES string of the molecule is CCCC1=[C](CCC)[Ge]([CH2]C)([CH2]C)[c]2ccccc21. The normalized spacial score (nSPS) is 16.8. The maximum absolute atomic E-state index is 2.46. The molecule has 2 rings (SSSR count). The third-order valence-corrected chi connectivity index (χ3v) is 16.6. The van der Waals surface area contributed by atoms with Gasteiger partial charge in [0.2, 0.25) is 0 Å². The fraction of sp³-hybridized carbons (Fsp3) is 0.556. The monoisotopic (exact) mass is 318 g/mol. The van der Waals surface area contributed by atoms with E-state index in [0.717, 1.165) is 0 Å². The van der Waals surface area contributed by atoms with E-state index < -0.39 is 13.3 Å². The van der Waals surface area contributed by atoms with Gasteiger partial charge in [-0.1, -0.05) is 0 Å². The number of hydrogen-bond donors (Lipinski definition) is 0. The van der Waals surface area contributed by atoms with E-state index in [-0.39, 0.29) is 0 Å². The summed E-state index contributed by atoms with van der Waals surface area (Å²) in [6, 6.07) is 9.36. The molecule has 0 amide bonds. The van der Waals surface area contributed by atoms with Gasteiger partial charge in [-0.25, -0.2) is 0 Å². The van der Waals surface area contributed by atoms with Gasteiger partial charge in [0.15, 0.2) is 0 Å². The average Bonchev–Trinajstić information content (AvgIpc) is 2.71. The molecule has 0 N–H and O–H groups in total. The van der Waals surface area contributed by atoms with Crippen LogP contribution in [-0.2, 0) is 0 Å². The average molecular weight is 317 g/mol. The van der Waals surface area contributed by atoms with E-state index in [1.165, 1.54) is 36.2 Å². The molecular formula is C18H28Ge. The first-order chi connectivity index (χ1) is 9.25. The molecule has 0 unspecified atom stereocenters. The summed E-state index contributed by atoms with van der Waals surface area (Å²) < 4.78 is 3.73. The van der Waals surface area contributed by atoms with Crippen molar-refractivity contribution in [2.45, 2.75) is 63.9 Å². The van der Waals surface area contributed by atoms with Crippen LogP contribution in [0, 0.1) is 0 Å². The van der Waals surface area contributed by atoms with Gasteiger partial charge in [0, 0.05) is 0 Å². The molecule has 1 aromatic carbocycles. The standard InChI is InChI=1S/C18H28Ge/c1-5-11-15-16-13-9-10-14-18(16)19(7-3,8-4)17(15)12-6-2/h9-10,13-14H,5-8,11-12H2,1-4H3. The minimum atomic E-state index is -1.97. The first kappa shape index (κ1) is 14.9. The second-order valence-electron chi connectivity index (χ2n) is 5.79. The summed E-state index contributed by atoms with van der Waals surface area (Å²) in [5.74, 6) is 0. The number of fused-ring (bicyclic) bond motifs is 1. The Labute approximate surface area is 121 Å². The molecule has 0 bridgehead atoms. The van der Waals surface area contributed by atoms with E-state index in [1.807, 2.05) is 4.41 Å². The quantitative estimate of drug-likeness (QED) is 0.626. The van der Waals surface area contributed by atoms with Crippen molar-refractivity contribution in [3.8, 4) is 0 Å². The van der Waals surface area contributed by atoms with Crippen molar-refractivity contribution < 1.29 is 0 Å². The van der Waals surface area contributed by atoms with Crippen LogP contribution >= 0.6 is 0 Å². The van der Waals surface area contributed by atoms with Crippen molar-refractivity contribution in [2.24, 2.45) is 0 Å². The van der Waals surface area contributed by atoms with Crippen LogP contribution in [0.25, 0.3) is 5.57 Å². The number of allylic oxidation sites excluding steroid dienone is 2. The number of rotatable bonds is 6. The van der Waals surface area contributed by atoms with E-state index in [0.29, 0.717) is 0 Å². The van der Waals surface area contributed by atoms with Gasteiger partial charge in [0.25, 0.3) is 0 Å².